The molecule has 0 saturated heterocycles. The molecule has 0 saturated carbocycles. The quantitative estimate of drug-likeness (QED) is 0.228. The predicted octanol–water partition coefficient (Wildman–Crippen LogP) is 0.583. The van der Waals surface area contributed by atoms with Crippen molar-refractivity contribution >= 4 is 23.5 Å². The minimum atomic E-state index is -0.187. The molecule has 0 aliphatic heterocycles. The zero-order valence-electron chi connectivity index (χ0n) is 8.22. The van der Waals surface area contributed by atoms with Crippen LogP contribution in [0.1, 0.15) is 25.7 Å². The fourth-order valence-electron chi connectivity index (χ4n) is 0.937. The van der Waals surface area contributed by atoms with Gasteiger partial charge in [0.05, 0.1) is 0 Å². The first-order valence-corrected chi connectivity index (χ1v) is 5.17. The fraction of sp³-hybridized carbons (Fsp3) is 0.750. The van der Waals surface area contributed by atoms with Gasteiger partial charge in [-0.3, -0.25) is 15.7 Å². The van der Waals surface area contributed by atoms with Gasteiger partial charge in [0.15, 0.2) is 11.9 Å². The van der Waals surface area contributed by atoms with Crippen LogP contribution >= 0.6 is 11.6 Å². The van der Waals surface area contributed by atoms with Gasteiger partial charge in [-0.2, -0.15) is 0 Å². The third-order valence-corrected chi connectivity index (χ3v) is 1.85. The first-order valence-electron chi connectivity index (χ1n) is 4.63. The number of halogens is 1. The number of alkyl halides is 1. The van der Waals surface area contributed by atoms with E-state index in [-0.39, 0.29) is 11.9 Å². The molecule has 82 valence electrons. The van der Waals surface area contributed by atoms with Crippen molar-refractivity contribution in [2.75, 3.05) is 12.4 Å². The van der Waals surface area contributed by atoms with E-state index in [1.807, 2.05) is 0 Å². The van der Waals surface area contributed by atoms with E-state index in [0.29, 0.717) is 6.54 Å². The Morgan fingerprint density at radius 1 is 1.21 bits per heavy atom. The average Bonchev–Trinajstić information content (AvgIpc) is 2.10. The maximum atomic E-state index is 6.89. The SMILES string of the molecule is N=C(N)NC(N)=NCCCCCCCl. The maximum Gasteiger partial charge on any atom is 0.195 e. The largest absolute Gasteiger partial charge is 0.370 e. The van der Waals surface area contributed by atoms with Gasteiger partial charge in [-0.25, -0.2) is 0 Å². The van der Waals surface area contributed by atoms with Crippen molar-refractivity contribution in [3.8, 4) is 0 Å². The van der Waals surface area contributed by atoms with Crippen molar-refractivity contribution < 1.29 is 0 Å². The molecular formula is C8H18ClN5. The molecule has 0 aliphatic carbocycles. The second-order valence-electron chi connectivity index (χ2n) is 2.91. The molecule has 0 unspecified atom stereocenters. The molecule has 0 fully saturated rings. The fourth-order valence-corrected chi connectivity index (χ4v) is 1.13. The smallest absolute Gasteiger partial charge is 0.195 e. The Morgan fingerprint density at radius 2 is 1.86 bits per heavy atom. The van der Waals surface area contributed by atoms with E-state index in [1.54, 1.807) is 0 Å². The number of nitrogens with two attached hydrogens (primary N) is 2. The highest BCUT2D eigenvalue weighted by Gasteiger charge is 1.92. The van der Waals surface area contributed by atoms with Crippen molar-refractivity contribution in [3.05, 3.63) is 0 Å². The Hall–Kier alpha value is -0.970. The molecule has 0 spiro atoms. The number of nitrogens with one attached hydrogen (secondary N) is 2. The van der Waals surface area contributed by atoms with E-state index >= 15 is 0 Å². The van der Waals surface area contributed by atoms with Crippen molar-refractivity contribution in [3.63, 3.8) is 0 Å². The Labute approximate surface area is 89.4 Å². The first-order chi connectivity index (χ1) is 6.66. The highest BCUT2D eigenvalue weighted by Crippen LogP contribution is 2.00. The van der Waals surface area contributed by atoms with Gasteiger partial charge in [-0.15, -0.1) is 11.6 Å². The van der Waals surface area contributed by atoms with E-state index in [9.17, 15) is 0 Å². The Balaban J connectivity index is 3.36. The Bertz CT molecular complexity index is 192. The van der Waals surface area contributed by atoms with E-state index in [4.69, 9.17) is 28.5 Å². The third kappa shape index (κ3) is 9.12. The monoisotopic (exact) mass is 219 g/mol. The summed E-state index contributed by atoms with van der Waals surface area (Å²) in [6, 6.07) is 0. The standard InChI is InChI=1S/C8H18ClN5/c9-5-3-1-2-4-6-13-8(12)14-7(10)11/h1-6H2,(H6,10,11,12,13,14). The molecule has 0 aliphatic rings. The van der Waals surface area contributed by atoms with E-state index in [2.05, 4.69) is 10.3 Å². The molecule has 0 aromatic rings. The zero-order valence-corrected chi connectivity index (χ0v) is 8.98. The number of rotatable bonds is 6. The van der Waals surface area contributed by atoms with E-state index in [0.717, 1.165) is 31.6 Å². The van der Waals surface area contributed by atoms with Crippen molar-refractivity contribution in [2.24, 2.45) is 16.5 Å². The lowest BCUT2D eigenvalue weighted by molar-refractivity contribution is 0.676. The summed E-state index contributed by atoms with van der Waals surface area (Å²) in [4.78, 5) is 3.99. The first kappa shape index (κ1) is 13.0. The molecule has 0 bridgehead atoms. The summed E-state index contributed by atoms with van der Waals surface area (Å²) in [6.07, 6.45) is 4.26. The summed E-state index contributed by atoms with van der Waals surface area (Å²) in [7, 11) is 0. The van der Waals surface area contributed by atoms with Crippen LogP contribution in [-0.4, -0.2) is 24.3 Å². The lowest BCUT2D eigenvalue weighted by Crippen LogP contribution is -2.40. The normalized spacial score (nSPS) is 11.4. The van der Waals surface area contributed by atoms with Crippen LogP contribution in [0.25, 0.3) is 0 Å². The highest BCUT2D eigenvalue weighted by molar-refractivity contribution is 6.17. The van der Waals surface area contributed by atoms with Gasteiger partial charge >= 0.3 is 0 Å². The van der Waals surface area contributed by atoms with Crippen LogP contribution in [0.4, 0.5) is 0 Å². The van der Waals surface area contributed by atoms with Gasteiger partial charge in [0.2, 0.25) is 0 Å². The molecule has 5 nitrogen and oxygen atoms in total. The number of nitrogens with zero attached hydrogens (tertiary/aromatic N) is 1. The van der Waals surface area contributed by atoms with Crippen LogP contribution in [0.15, 0.2) is 4.99 Å². The predicted molar refractivity (Wildman–Crippen MR) is 60.7 cm³/mol. The molecule has 0 aromatic heterocycles. The molecule has 0 atom stereocenters. The number of hydrogen-bond donors (Lipinski definition) is 4. The van der Waals surface area contributed by atoms with E-state index in [1.165, 1.54) is 0 Å². The summed E-state index contributed by atoms with van der Waals surface area (Å²) in [6.45, 7) is 0.661. The van der Waals surface area contributed by atoms with Gasteiger partial charge in [0, 0.05) is 12.4 Å². The minimum Gasteiger partial charge on any atom is -0.370 e. The zero-order chi connectivity index (χ0) is 10.8. The third-order valence-electron chi connectivity index (χ3n) is 1.59. The number of unbranched alkanes of at least 4 members (excludes halogenated alkanes) is 3. The second kappa shape index (κ2) is 8.62. The van der Waals surface area contributed by atoms with Crippen LogP contribution < -0.4 is 16.8 Å². The lowest BCUT2D eigenvalue weighted by Gasteiger charge is -2.01. The van der Waals surface area contributed by atoms with Crippen LogP contribution in [0.5, 0.6) is 0 Å². The van der Waals surface area contributed by atoms with Crippen molar-refractivity contribution in [1.29, 1.82) is 5.41 Å². The van der Waals surface area contributed by atoms with Gasteiger partial charge in [-0.1, -0.05) is 12.8 Å². The topological polar surface area (TPSA) is 100 Å². The van der Waals surface area contributed by atoms with Crippen molar-refractivity contribution in [1.82, 2.24) is 5.32 Å². The summed E-state index contributed by atoms with van der Waals surface area (Å²) in [5.74, 6) is 0.736. The molecule has 0 rings (SSSR count). The average molecular weight is 220 g/mol. The molecule has 0 heterocycles. The van der Waals surface area contributed by atoms with Crippen LogP contribution in [-0.2, 0) is 0 Å². The van der Waals surface area contributed by atoms with Gasteiger partial charge in [0.25, 0.3) is 0 Å². The maximum absolute atomic E-state index is 6.89. The highest BCUT2D eigenvalue weighted by atomic mass is 35.5. The van der Waals surface area contributed by atoms with Gasteiger partial charge in [0.1, 0.15) is 0 Å². The molecule has 0 aromatic carbocycles. The van der Waals surface area contributed by atoms with Gasteiger partial charge in [-0.05, 0) is 12.8 Å². The molecule has 6 N–H and O–H groups in total. The summed E-state index contributed by atoms with van der Waals surface area (Å²) in [5.41, 5.74) is 10.5. The minimum absolute atomic E-state index is 0.187. The van der Waals surface area contributed by atoms with Crippen LogP contribution in [0.3, 0.4) is 0 Å². The Kier molecular flexibility index (Phi) is 8.02. The van der Waals surface area contributed by atoms with Gasteiger partial charge < -0.3 is 11.5 Å². The lowest BCUT2D eigenvalue weighted by atomic mass is 10.2. The van der Waals surface area contributed by atoms with E-state index < -0.39 is 0 Å². The summed E-state index contributed by atoms with van der Waals surface area (Å²) in [5, 5.41) is 9.30. The number of guanidine groups is 2. The van der Waals surface area contributed by atoms with Crippen LogP contribution in [0.2, 0.25) is 0 Å². The van der Waals surface area contributed by atoms with Crippen molar-refractivity contribution in [2.45, 2.75) is 25.7 Å². The number of aliphatic imine (C=N–C) groups is 1. The molecule has 6 heteroatoms. The summed E-state index contributed by atoms with van der Waals surface area (Å²) >= 11 is 5.53. The van der Waals surface area contributed by atoms with Crippen LogP contribution in [0, 0.1) is 5.41 Å². The molecule has 14 heavy (non-hydrogen) atoms. The molecule has 0 radical (unpaired) electrons. The second-order valence-corrected chi connectivity index (χ2v) is 3.29. The molecular weight excluding hydrogens is 202 g/mol. The summed E-state index contributed by atoms with van der Waals surface area (Å²) < 4.78 is 0. The molecule has 0 amide bonds. The number of hydrogen-bond acceptors (Lipinski definition) is 2. The Morgan fingerprint density at radius 3 is 2.43 bits per heavy atom.